The van der Waals surface area contributed by atoms with Crippen LogP contribution in [0.1, 0.15) is 28.3 Å². The summed E-state index contributed by atoms with van der Waals surface area (Å²) in [5.74, 6) is 1.30. The van der Waals surface area contributed by atoms with Crippen molar-refractivity contribution in [3.63, 3.8) is 0 Å². The molecule has 0 aliphatic heterocycles. The van der Waals surface area contributed by atoms with Gasteiger partial charge in [0.2, 0.25) is 0 Å². The van der Waals surface area contributed by atoms with Gasteiger partial charge in [-0.25, -0.2) is 0 Å². The lowest BCUT2D eigenvalue weighted by Gasteiger charge is -2.23. The Morgan fingerprint density at radius 1 is 0.450 bits per heavy atom. The number of hydrogen-bond donors (Lipinski definition) is 0. The van der Waals surface area contributed by atoms with Crippen LogP contribution in [0.4, 0.5) is 5.69 Å². The Morgan fingerprint density at radius 3 is 1.45 bits per heavy atom. The SMILES string of the molecule is C(=Nc1ccc(OCCN(Cc2ccccn2)Cc2ccccn2)c(OCCN(Cc2ccccn2)Cc2ccccn2)c1)c1ccc2ccc3cccc4ccc1c2c34. The molecule has 0 N–H and O–H groups in total. The molecule has 296 valence electrons. The minimum atomic E-state index is 0.420. The van der Waals surface area contributed by atoms with Crippen LogP contribution >= 0.6 is 0 Å². The highest BCUT2D eigenvalue weighted by Gasteiger charge is 2.15. The van der Waals surface area contributed by atoms with E-state index < -0.39 is 0 Å². The van der Waals surface area contributed by atoms with E-state index in [9.17, 15) is 0 Å². The van der Waals surface area contributed by atoms with E-state index in [-0.39, 0.29) is 0 Å². The number of rotatable bonds is 18. The summed E-state index contributed by atoms with van der Waals surface area (Å²) in [6, 6.07) is 49.6. The summed E-state index contributed by atoms with van der Waals surface area (Å²) in [5.41, 5.74) is 5.79. The number of nitrogens with zero attached hydrogens (tertiary/aromatic N) is 7. The van der Waals surface area contributed by atoms with Crippen molar-refractivity contribution < 1.29 is 9.47 Å². The first kappa shape index (κ1) is 38.4. The highest BCUT2D eigenvalue weighted by atomic mass is 16.5. The van der Waals surface area contributed by atoms with Gasteiger partial charge in [0.1, 0.15) is 13.2 Å². The molecule has 9 rings (SSSR count). The molecule has 0 fully saturated rings. The van der Waals surface area contributed by atoms with Crippen molar-refractivity contribution in [1.82, 2.24) is 29.7 Å². The van der Waals surface area contributed by atoms with Crippen molar-refractivity contribution in [3.05, 3.63) is 199 Å². The molecule has 0 aliphatic carbocycles. The Labute approximate surface area is 350 Å². The van der Waals surface area contributed by atoms with Gasteiger partial charge in [0.25, 0.3) is 0 Å². The molecule has 0 unspecified atom stereocenters. The van der Waals surface area contributed by atoms with Crippen LogP contribution in [-0.4, -0.2) is 62.3 Å². The first-order chi connectivity index (χ1) is 29.7. The molecule has 9 heteroatoms. The maximum atomic E-state index is 6.62. The lowest BCUT2D eigenvalue weighted by molar-refractivity contribution is 0.175. The van der Waals surface area contributed by atoms with Gasteiger partial charge in [0.15, 0.2) is 11.5 Å². The number of hydrogen-bond acceptors (Lipinski definition) is 9. The zero-order chi connectivity index (χ0) is 40.4. The molecule has 9 nitrogen and oxygen atoms in total. The summed E-state index contributed by atoms with van der Waals surface area (Å²) in [6.45, 7) is 4.82. The predicted octanol–water partition coefficient (Wildman–Crippen LogP) is 10.1. The third-order valence-electron chi connectivity index (χ3n) is 10.6. The van der Waals surface area contributed by atoms with Crippen molar-refractivity contribution in [2.45, 2.75) is 26.2 Å². The fraction of sp³-hybridized carbons (Fsp3) is 0.157. The first-order valence-electron chi connectivity index (χ1n) is 20.4. The lowest BCUT2D eigenvalue weighted by atomic mass is 9.92. The minimum absolute atomic E-state index is 0.420. The van der Waals surface area contributed by atoms with E-state index >= 15 is 0 Å². The van der Waals surface area contributed by atoms with Crippen LogP contribution in [0.5, 0.6) is 11.5 Å². The summed E-state index contributed by atoms with van der Waals surface area (Å²) in [5, 5.41) is 7.45. The number of benzene rings is 5. The van der Waals surface area contributed by atoms with Gasteiger partial charge >= 0.3 is 0 Å². The average Bonchev–Trinajstić information content (AvgIpc) is 3.29. The molecule has 0 saturated carbocycles. The Hall–Kier alpha value is -7.07. The van der Waals surface area contributed by atoms with Gasteiger partial charge in [-0.1, -0.05) is 78.9 Å². The second-order valence-corrected chi connectivity index (χ2v) is 14.8. The molecule has 4 heterocycles. The third-order valence-corrected chi connectivity index (χ3v) is 10.6. The summed E-state index contributed by atoms with van der Waals surface area (Å²) in [4.78, 5) is 27.9. The van der Waals surface area contributed by atoms with Crippen molar-refractivity contribution in [2.75, 3.05) is 26.3 Å². The first-order valence-corrected chi connectivity index (χ1v) is 20.4. The molecule has 0 bridgehead atoms. The van der Waals surface area contributed by atoms with E-state index in [1.807, 2.05) is 122 Å². The topological polar surface area (TPSA) is 88.9 Å². The second-order valence-electron chi connectivity index (χ2n) is 14.8. The smallest absolute Gasteiger partial charge is 0.163 e. The van der Waals surface area contributed by atoms with Crippen LogP contribution in [0, 0.1) is 0 Å². The van der Waals surface area contributed by atoms with Crippen LogP contribution in [0.25, 0.3) is 32.3 Å². The molecule has 9 aromatic rings. The average molecular weight is 788 g/mol. The zero-order valence-electron chi connectivity index (χ0n) is 33.3. The van der Waals surface area contributed by atoms with E-state index in [1.54, 1.807) is 0 Å². The Morgan fingerprint density at radius 2 is 0.933 bits per heavy atom. The minimum Gasteiger partial charge on any atom is -0.488 e. The number of pyridine rings is 4. The summed E-state index contributed by atoms with van der Waals surface area (Å²) in [6.07, 6.45) is 9.28. The van der Waals surface area contributed by atoms with Gasteiger partial charge in [-0.2, -0.15) is 0 Å². The van der Waals surface area contributed by atoms with Crippen molar-refractivity contribution >= 4 is 44.2 Å². The zero-order valence-corrected chi connectivity index (χ0v) is 33.3. The number of aromatic nitrogens is 4. The lowest BCUT2D eigenvalue weighted by Crippen LogP contribution is -2.29. The van der Waals surface area contributed by atoms with E-state index in [0.717, 1.165) is 34.0 Å². The fourth-order valence-corrected chi connectivity index (χ4v) is 7.70. The maximum absolute atomic E-state index is 6.62. The highest BCUT2D eigenvalue weighted by Crippen LogP contribution is 2.36. The van der Waals surface area contributed by atoms with Crippen molar-refractivity contribution in [2.24, 2.45) is 4.99 Å². The molecular weight excluding hydrogens is 743 g/mol. The van der Waals surface area contributed by atoms with Crippen molar-refractivity contribution in [1.29, 1.82) is 0 Å². The van der Waals surface area contributed by atoms with Crippen molar-refractivity contribution in [3.8, 4) is 11.5 Å². The monoisotopic (exact) mass is 787 g/mol. The highest BCUT2D eigenvalue weighted by molar-refractivity contribution is 6.25. The molecule has 0 saturated heterocycles. The van der Waals surface area contributed by atoms with Gasteiger partial charge in [-0.05, 0) is 93.0 Å². The quantitative estimate of drug-likeness (QED) is 0.0628. The van der Waals surface area contributed by atoms with Crippen LogP contribution < -0.4 is 9.47 Å². The van der Waals surface area contributed by atoms with E-state index in [1.165, 1.54) is 32.3 Å². The van der Waals surface area contributed by atoms with E-state index in [0.29, 0.717) is 64.0 Å². The number of ether oxygens (including phenoxy) is 2. The third kappa shape index (κ3) is 9.45. The Kier molecular flexibility index (Phi) is 12.0. The Bertz CT molecular complexity index is 2690. The molecule has 0 aliphatic rings. The fourth-order valence-electron chi connectivity index (χ4n) is 7.70. The summed E-state index contributed by atoms with van der Waals surface area (Å²) >= 11 is 0. The molecule has 0 amide bonds. The second kappa shape index (κ2) is 18.7. The van der Waals surface area contributed by atoms with Gasteiger partial charge in [0.05, 0.1) is 28.5 Å². The van der Waals surface area contributed by atoms with Gasteiger partial charge in [0, 0.05) is 81.9 Å². The Balaban J connectivity index is 0.966. The maximum Gasteiger partial charge on any atom is 0.163 e. The normalized spacial score (nSPS) is 11.8. The largest absolute Gasteiger partial charge is 0.488 e. The molecule has 0 radical (unpaired) electrons. The van der Waals surface area contributed by atoms with Crippen LogP contribution in [0.2, 0.25) is 0 Å². The molecule has 60 heavy (non-hydrogen) atoms. The predicted molar refractivity (Wildman–Crippen MR) is 240 cm³/mol. The van der Waals surface area contributed by atoms with Gasteiger partial charge in [-0.3, -0.25) is 34.7 Å². The summed E-state index contributed by atoms with van der Waals surface area (Å²) < 4.78 is 13.2. The van der Waals surface area contributed by atoms with Crippen LogP contribution in [-0.2, 0) is 26.2 Å². The van der Waals surface area contributed by atoms with E-state index in [4.69, 9.17) is 14.5 Å². The summed E-state index contributed by atoms with van der Waals surface area (Å²) in [7, 11) is 0. The molecule has 4 aromatic heterocycles. The van der Waals surface area contributed by atoms with E-state index in [2.05, 4.69) is 84.3 Å². The molecule has 0 spiro atoms. The van der Waals surface area contributed by atoms with Crippen LogP contribution in [0.3, 0.4) is 0 Å². The number of aliphatic imine (C=N–C) groups is 1. The molecular formula is C51H45N7O2. The molecule has 5 aromatic carbocycles. The van der Waals surface area contributed by atoms with Gasteiger partial charge in [-0.15, -0.1) is 0 Å². The van der Waals surface area contributed by atoms with Crippen LogP contribution in [0.15, 0.2) is 175 Å². The molecule has 0 atom stereocenters. The van der Waals surface area contributed by atoms with Gasteiger partial charge < -0.3 is 9.47 Å². The standard InChI is InChI=1S/C51H45N7O2/c1-5-24-52-43(12-1)34-57(35-44-13-2-6-25-53-44)28-30-59-48-23-21-42(56-33-41-19-18-40-17-16-38-10-9-11-39-20-22-47(41)51(40)50(38)39)32-49(48)60-31-29-58(36-45-14-3-7-26-54-45)37-46-15-4-8-27-55-46/h1-27,32-33H,28-31,34-37H2.